The fraction of sp³-hybridized carbons (Fsp3) is 0.200. The van der Waals surface area contributed by atoms with Crippen molar-refractivity contribution < 1.29 is 14.8 Å². The molecule has 0 heterocycles. The molecule has 0 aliphatic carbocycles. The molecule has 0 fully saturated rings. The van der Waals surface area contributed by atoms with Crippen molar-refractivity contribution in [2.24, 2.45) is 15.9 Å². The summed E-state index contributed by atoms with van der Waals surface area (Å²) in [6, 6.07) is 2.56. The van der Waals surface area contributed by atoms with Gasteiger partial charge in [-0.25, -0.2) is 0 Å². The van der Waals surface area contributed by atoms with Gasteiger partial charge in [0, 0.05) is 11.6 Å². The summed E-state index contributed by atoms with van der Waals surface area (Å²) in [6.45, 7) is 0. The van der Waals surface area contributed by atoms with Gasteiger partial charge in [0.25, 0.3) is 0 Å². The highest BCUT2D eigenvalue weighted by Gasteiger charge is 2.19. The van der Waals surface area contributed by atoms with Crippen LogP contribution in [-0.2, 0) is 0 Å². The monoisotopic (exact) mass is 284 g/mol. The SMILES string of the molecule is COc1cc(/C=N\N=C(/N)SC)cc([N+](=O)[O-])c1O. The van der Waals surface area contributed by atoms with Gasteiger partial charge in [-0.05, 0) is 12.3 Å². The number of phenolic OH excluding ortho intramolecular Hbond substituents is 1. The molecule has 8 nitrogen and oxygen atoms in total. The number of nitro groups is 1. The Labute approximate surface area is 113 Å². The Morgan fingerprint density at radius 3 is 2.84 bits per heavy atom. The number of amidine groups is 1. The van der Waals surface area contributed by atoms with Gasteiger partial charge in [0.1, 0.15) is 0 Å². The third kappa shape index (κ3) is 3.85. The van der Waals surface area contributed by atoms with E-state index in [2.05, 4.69) is 10.2 Å². The quantitative estimate of drug-likeness (QED) is 0.372. The van der Waals surface area contributed by atoms with E-state index in [9.17, 15) is 15.2 Å². The topological polar surface area (TPSA) is 123 Å². The fourth-order valence-corrected chi connectivity index (χ4v) is 1.31. The Morgan fingerprint density at radius 2 is 2.32 bits per heavy atom. The molecule has 102 valence electrons. The number of nitro benzene ring substituents is 1. The summed E-state index contributed by atoms with van der Waals surface area (Å²) in [5, 5.41) is 27.9. The Bertz CT molecular complexity index is 545. The first kappa shape index (κ1) is 14.8. The Kier molecular flexibility index (Phi) is 5.12. The van der Waals surface area contributed by atoms with Gasteiger partial charge < -0.3 is 15.6 Å². The number of nitrogens with zero attached hydrogens (tertiary/aromatic N) is 3. The van der Waals surface area contributed by atoms with E-state index >= 15 is 0 Å². The highest BCUT2D eigenvalue weighted by Crippen LogP contribution is 2.36. The molecule has 1 rings (SSSR count). The fourth-order valence-electron chi connectivity index (χ4n) is 1.18. The molecule has 19 heavy (non-hydrogen) atoms. The number of ether oxygens (including phenoxy) is 1. The average molecular weight is 284 g/mol. The van der Waals surface area contributed by atoms with Crippen LogP contribution in [0, 0.1) is 10.1 Å². The van der Waals surface area contributed by atoms with Gasteiger partial charge in [-0.1, -0.05) is 11.8 Å². The van der Waals surface area contributed by atoms with Crippen molar-refractivity contribution in [3.05, 3.63) is 27.8 Å². The van der Waals surface area contributed by atoms with Crippen molar-refractivity contribution in [3.8, 4) is 11.5 Å². The Hall–Kier alpha value is -2.29. The van der Waals surface area contributed by atoms with Crippen LogP contribution >= 0.6 is 11.8 Å². The lowest BCUT2D eigenvalue weighted by Crippen LogP contribution is -2.04. The molecule has 9 heteroatoms. The van der Waals surface area contributed by atoms with Crippen LogP contribution in [0.2, 0.25) is 0 Å². The molecule has 0 aliphatic rings. The second-order valence-electron chi connectivity index (χ2n) is 3.23. The van der Waals surface area contributed by atoms with E-state index in [-0.39, 0.29) is 10.9 Å². The predicted octanol–water partition coefficient (Wildman–Crippen LogP) is 1.32. The predicted molar refractivity (Wildman–Crippen MR) is 74.0 cm³/mol. The summed E-state index contributed by atoms with van der Waals surface area (Å²) in [6.07, 6.45) is 3.01. The van der Waals surface area contributed by atoms with Crippen LogP contribution in [0.25, 0.3) is 0 Å². The van der Waals surface area contributed by atoms with Crippen LogP contribution in [0.15, 0.2) is 22.3 Å². The summed E-state index contributed by atoms with van der Waals surface area (Å²) >= 11 is 1.22. The lowest BCUT2D eigenvalue weighted by molar-refractivity contribution is -0.386. The first-order valence-corrected chi connectivity index (χ1v) is 6.18. The van der Waals surface area contributed by atoms with E-state index in [1.807, 2.05) is 0 Å². The van der Waals surface area contributed by atoms with Gasteiger partial charge in [0.05, 0.1) is 18.2 Å². The molecule has 0 spiro atoms. The van der Waals surface area contributed by atoms with Crippen molar-refractivity contribution in [2.75, 3.05) is 13.4 Å². The number of benzene rings is 1. The maximum Gasteiger partial charge on any atom is 0.315 e. The van der Waals surface area contributed by atoms with Crippen LogP contribution in [-0.4, -0.2) is 34.8 Å². The summed E-state index contributed by atoms with van der Waals surface area (Å²) in [5.74, 6) is -0.547. The molecule has 1 aromatic carbocycles. The minimum absolute atomic E-state index is 0.0162. The first-order chi connectivity index (χ1) is 8.99. The normalized spacial score (nSPS) is 11.8. The molecule has 0 radical (unpaired) electrons. The van der Waals surface area contributed by atoms with E-state index in [0.29, 0.717) is 5.56 Å². The van der Waals surface area contributed by atoms with E-state index in [4.69, 9.17) is 10.5 Å². The summed E-state index contributed by atoms with van der Waals surface area (Å²) in [5.41, 5.74) is 5.31. The van der Waals surface area contributed by atoms with Gasteiger partial charge in [0.2, 0.25) is 5.75 Å². The molecule has 0 saturated heterocycles. The molecular weight excluding hydrogens is 272 g/mol. The van der Waals surface area contributed by atoms with Crippen LogP contribution in [0.5, 0.6) is 11.5 Å². The largest absolute Gasteiger partial charge is 0.500 e. The smallest absolute Gasteiger partial charge is 0.315 e. The van der Waals surface area contributed by atoms with E-state index in [1.165, 1.54) is 31.2 Å². The van der Waals surface area contributed by atoms with Crippen LogP contribution in [0.1, 0.15) is 5.56 Å². The zero-order valence-corrected chi connectivity index (χ0v) is 11.0. The Morgan fingerprint density at radius 1 is 1.63 bits per heavy atom. The van der Waals surface area contributed by atoms with Crippen LogP contribution < -0.4 is 10.5 Å². The van der Waals surface area contributed by atoms with E-state index in [0.717, 1.165) is 6.07 Å². The van der Waals surface area contributed by atoms with Gasteiger partial charge in [-0.3, -0.25) is 10.1 Å². The summed E-state index contributed by atoms with van der Waals surface area (Å²) in [4.78, 5) is 10.1. The molecule has 0 aliphatic heterocycles. The zero-order chi connectivity index (χ0) is 14.4. The highest BCUT2D eigenvalue weighted by atomic mass is 32.2. The second kappa shape index (κ2) is 6.59. The van der Waals surface area contributed by atoms with E-state index in [1.54, 1.807) is 6.26 Å². The van der Waals surface area contributed by atoms with Crippen molar-refractivity contribution in [1.29, 1.82) is 0 Å². The molecule has 0 saturated carbocycles. The molecule has 0 bridgehead atoms. The van der Waals surface area contributed by atoms with Crippen molar-refractivity contribution in [1.82, 2.24) is 0 Å². The minimum atomic E-state index is -0.714. The molecular formula is C10H12N4O4S. The number of phenols is 1. The van der Waals surface area contributed by atoms with Gasteiger partial charge in [-0.2, -0.15) is 5.10 Å². The maximum atomic E-state index is 10.8. The standard InChI is InChI=1S/C10H12N4O4S/c1-18-8-4-6(5-12-13-10(11)19-2)3-7(9(8)15)14(16)17/h3-5,15H,1-2H3,(H2,11,13)/b12-5-. The zero-order valence-electron chi connectivity index (χ0n) is 10.2. The average Bonchev–Trinajstić information content (AvgIpc) is 2.39. The molecule has 0 atom stereocenters. The number of thioether (sulfide) groups is 1. The van der Waals surface area contributed by atoms with Crippen molar-refractivity contribution >= 4 is 28.8 Å². The molecule has 0 aromatic heterocycles. The number of aromatic hydroxyl groups is 1. The number of rotatable bonds is 4. The van der Waals surface area contributed by atoms with Gasteiger partial charge in [-0.15, -0.1) is 5.10 Å². The first-order valence-electron chi connectivity index (χ1n) is 4.95. The number of hydrogen-bond acceptors (Lipinski definition) is 7. The second-order valence-corrected chi connectivity index (χ2v) is 4.06. The summed E-state index contributed by atoms with van der Waals surface area (Å²) < 4.78 is 4.84. The molecule has 3 N–H and O–H groups in total. The van der Waals surface area contributed by atoms with Crippen molar-refractivity contribution in [2.45, 2.75) is 0 Å². The third-order valence-corrected chi connectivity index (χ3v) is 2.57. The van der Waals surface area contributed by atoms with E-state index < -0.39 is 16.4 Å². The molecule has 0 unspecified atom stereocenters. The van der Waals surface area contributed by atoms with Crippen LogP contribution in [0.3, 0.4) is 0 Å². The van der Waals surface area contributed by atoms with Crippen LogP contribution in [0.4, 0.5) is 5.69 Å². The molecule has 1 aromatic rings. The Balaban J connectivity index is 3.16. The lowest BCUT2D eigenvalue weighted by atomic mass is 10.2. The minimum Gasteiger partial charge on any atom is -0.500 e. The lowest BCUT2D eigenvalue weighted by Gasteiger charge is -2.04. The number of methoxy groups -OCH3 is 1. The number of nitrogens with two attached hydrogens (primary N) is 1. The van der Waals surface area contributed by atoms with Gasteiger partial charge >= 0.3 is 5.69 Å². The van der Waals surface area contributed by atoms with Gasteiger partial charge in [0.15, 0.2) is 10.9 Å². The maximum absolute atomic E-state index is 10.8. The molecule has 0 amide bonds. The number of hydrogen-bond donors (Lipinski definition) is 2. The highest BCUT2D eigenvalue weighted by molar-refractivity contribution is 8.13. The third-order valence-electron chi connectivity index (χ3n) is 2.07. The summed E-state index contributed by atoms with van der Waals surface area (Å²) in [7, 11) is 1.30. The van der Waals surface area contributed by atoms with Crippen molar-refractivity contribution in [3.63, 3.8) is 0 Å².